The molecular formula is C21H28I2N2. The third-order valence-corrected chi connectivity index (χ3v) is 4.53. The van der Waals surface area contributed by atoms with Crippen molar-refractivity contribution in [1.29, 1.82) is 0 Å². The maximum atomic E-state index is 2.49. The fraction of sp³-hybridized carbons (Fsp3) is 0.381. The van der Waals surface area contributed by atoms with E-state index in [1.54, 1.807) is 0 Å². The van der Waals surface area contributed by atoms with Gasteiger partial charge in [-0.05, 0) is 30.2 Å². The lowest BCUT2D eigenvalue weighted by atomic mass is 10.1. The molecule has 1 aromatic heterocycles. The van der Waals surface area contributed by atoms with Crippen LogP contribution in [0.5, 0.6) is 0 Å². The van der Waals surface area contributed by atoms with Crippen molar-refractivity contribution in [2.75, 3.05) is 24.6 Å². The van der Waals surface area contributed by atoms with Crippen molar-refractivity contribution in [3.8, 4) is 0 Å². The van der Waals surface area contributed by atoms with Gasteiger partial charge in [-0.1, -0.05) is 66.8 Å². The molecule has 0 aliphatic carbocycles. The van der Waals surface area contributed by atoms with Gasteiger partial charge in [0.05, 0.1) is 5.39 Å². The molecular weight excluding hydrogens is 534 g/mol. The summed E-state index contributed by atoms with van der Waals surface area (Å²) in [6.07, 6.45) is 3.49. The zero-order chi connectivity index (χ0) is 17.4. The minimum absolute atomic E-state index is 0. The van der Waals surface area contributed by atoms with E-state index in [0.717, 1.165) is 19.6 Å². The molecule has 0 N–H and O–H groups in total. The Kier molecular flexibility index (Phi) is 10.8. The van der Waals surface area contributed by atoms with E-state index < -0.39 is 0 Å². The normalized spacial score (nSPS) is 10.4. The molecule has 0 unspecified atom stereocenters. The second-order valence-electron chi connectivity index (χ2n) is 5.81. The summed E-state index contributed by atoms with van der Waals surface area (Å²) in [6.45, 7) is 8.99. The van der Waals surface area contributed by atoms with Crippen LogP contribution < -0.4 is 28.5 Å². The molecule has 2 aromatic carbocycles. The number of alkyl halides is 1. The summed E-state index contributed by atoms with van der Waals surface area (Å²) in [6, 6.07) is 17.4. The number of pyridine rings is 1. The monoisotopic (exact) mass is 562 g/mol. The van der Waals surface area contributed by atoms with Gasteiger partial charge in [-0.25, -0.2) is 0 Å². The number of hydrogen-bond acceptors (Lipinski definition) is 1. The highest BCUT2D eigenvalue weighted by molar-refractivity contribution is 14.1. The van der Waals surface area contributed by atoms with Gasteiger partial charge in [0.15, 0.2) is 6.20 Å². The van der Waals surface area contributed by atoms with E-state index in [2.05, 4.69) is 101 Å². The van der Waals surface area contributed by atoms with Crippen LogP contribution in [0.2, 0.25) is 0 Å². The average molecular weight is 562 g/mol. The van der Waals surface area contributed by atoms with Crippen molar-refractivity contribution >= 4 is 44.3 Å². The first kappa shape index (κ1) is 22.6. The zero-order valence-electron chi connectivity index (χ0n) is 15.4. The molecule has 0 atom stereocenters. The number of nitrogens with zero attached hydrogens (tertiary/aromatic N) is 2. The molecule has 0 aliphatic heterocycles. The van der Waals surface area contributed by atoms with Crippen LogP contribution in [-0.2, 0) is 6.54 Å². The van der Waals surface area contributed by atoms with Crippen LogP contribution in [0.1, 0.15) is 20.3 Å². The number of halogens is 2. The van der Waals surface area contributed by atoms with Crippen LogP contribution in [0.4, 0.5) is 0 Å². The second-order valence-corrected chi connectivity index (χ2v) is 5.81. The lowest BCUT2D eigenvalue weighted by molar-refractivity contribution is -0.670. The van der Waals surface area contributed by atoms with Crippen molar-refractivity contribution in [1.82, 2.24) is 4.90 Å². The van der Waals surface area contributed by atoms with Gasteiger partial charge >= 0.3 is 0 Å². The number of rotatable bonds is 6. The van der Waals surface area contributed by atoms with E-state index in [-0.39, 0.29) is 24.0 Å². The summed E-state index contributed by atoms with van der Waals surface area (Å²) in [5.41, 5.74) is 1.33. The van der Waals surface area contributed by atoms with E-state index in [4.69, 9.17) is 0 Å². The Balaban J connectivity index is 0.00000101. The first-order chi connectivity index (χ1) is 11.8. The maximum absolute atomic E-state index is 2.49. The molecule has 3 rings (SSSR count). The molecule has 2 nitrogen and oxygen atoms in total. The van der Waals surface area contributed by atoms with Gasteiger partial charge < -0.3 is 28.9 Å². The van der Waals surface area contributed by atoms with E-state index >= 15 is 0 Å². The fourth-order valence-electron chi connectivity index (χ4n) is 3.23. The minimum atomic E-state index is 0. The molecule has 0 saturated heterocycles. The Labute approximate surface area is 182 Å². The molecule has 3 aromatic rings. The standard InChI is InChI=1S/C20H25N2.CH3I.HI/c1-3-21(4-2)14-9-15-22-16-17-10-5-6-11-18(17)19-12-7-8-13-20(19)22;1-2;/h5-8,10-13,16H,3-4,9,14-15H2,1-2H3;1H3;1H/q+1;;/p-1. The predicted octanol–water partition coefficient (Wildman–Crippen LogP) is 2.07. The predicted molar refractivity (Wildman–Crippen MR) is 114 cm³/mol. The van der Waals surface area contributed by atoms with Gasteiger partial charge in [0.1, 0.15) is 6.54 Å². The minimum Gasteiger partial charge on any atom is -1.00 e. The Hall–Kier alpha value is -0.470. The Bertz CT molecular complexity index is 770. The summed E-state index contributed by atoms with van der Waals surface area (Å²) < 4.78 is 2.42. The summed E-state index contributed by atoms with van der Waals surface area (Å²) in [4.78, 5) is 4.46. The van der Waals surface area contributed by atoms with Crippen LogP contribution in [0.3, 0.4) is 0 Å². The van der Waals surface area contributed by atoms with Crippen molar-refractivity contribution in [2.24, 2.45) is 0 Å². The number of fused-ring (bicyclic) bond motifs is 3. The van der Waals surface area contributed by atoms with Gasteiger partial charge in [0, 0.05) is 29.8 Å². The van der Waals surface area contributed by atoms with Crippen LogP contribution in [-0.4, -0.2) is 29.5 Å². The van der Waals surface area contributed by atoms with Gasteiger partial charge in [-0.2, -0.15) is 4.57 Å². The Morgan fingerprint density at radius 1 is 0.880 bits per heavy atom. The quantitative estimate of drug-likeness (QED) is 0.193. The first-order valence-corrected chi connectivity index (χ1v) is 10.9. The topological polar surface area (TPSA) is 7.12 Å². The molecule has 0 fully saturated rings. The molecule has 0 saturated carbocycles. The summed E-state index contributed by atoms with van der Waals surface area (Å²) >= 11 is 2.15. The van der Waals surface area contributed by atoms with Crippen molar-refractivity contribution in [3.05, 3.63) is 54.7 Å². The van der Waals surface area contributed by atoms with Gasteiger partial charge in [0.25, 0.3) is 0 Å². The highest BCUT2D eigenvalue weighted by Gasteiger charge is 2.12. The lowest BCUT2D eigenvalue weighted by Gasteiger charge is -2.16. The second kappa shape index (κ2) is 12.0. The summed E-state index contributed by atoms with van der Waals surface area (Å²) in [5.74, 6) is 0. The largest absolute Gasteiger partial charge is 1.00 e. The van der Waals surface area contributed by atoms with E-state index in [9.17, 15) is 0 Å². The molecule has 25 heavy (non-hydrogen) atoms. The van der Waals surface area contributed by atoms with Crippen LogP contribution in [0.15, 0.2) is 54.7 Å². The molecule has 0 aliphatic rings. The molecule has 1 heterocycles. The number of aryl methyl sites for hydroxylation is 1. The van der Waals surface area contributed by atoms with E-state index in [1.165, 1.54) is 34.6 Å². The molecule has 0 bridgehead atoms. The van der Waals surface area contributed by atoms with Crippen LogP contribution >= 0.6 is 22.6 Å². The highest BCUT2D eigenvalue weighted by atomic mass is 127. The molecule has 136 valence electrons. The third-order valence-electron chi connectivity index (χ3n) is 4.53. The van der Waals surface area contributed by atoms with E-state index in [1.807, 2.05) is 4.93 Å². The molecule has 4 heteroatoms. The zero-order valence-corrected chi connectivity index (χ0v) is 19.7. The van der Waals surface area contributed by atoms with Crippen molar-refractivity contribution in [2.45, 2.75) is 26.8 Å². The maximum Gasteiger partial charge on any atom is 0.213 e. The van der Waals surface area contributed by atoms with Crippen molar-refractivity contribution in [3.63, 3.8) is 0 Å². The molecule has 0 amide bonds. The third kappa shape index (κ3) is 5.76. The fourth-order valence-corrected chi connectivity index (χ4v) is 3.23. The molecule has 0 radical (unpaired) electrons. The SMILES string of the molecule is CCN(CC)CCC[n+]1cc2ccccc2c2ccccc21.CI.[I-]. The first-order valence-electron chi connectivity index (χ1n) is 8.73. The van der Waals surface area contributed by atoms with E-state index in [0.29, 0.717) is 0 Å². The molecule has 0 spiro atoms. The Morgan fingerprint density at radius 2 is 1.48 bits per heavy atom. The van der Waals surface area contributed by atoms with Crippen LogP contribution in [0.25, 0.3) is 21.7 Å². The van der Waals surface area contributed by atoms with Crippen LogP contribution in [0, 0.1) is 0 Å². The number of para-hydroxylation sites is 1. The summed E-state index contributed by atoms with van der Waals surface area (Å²) in [7, 11) is 0. The smallest absolute Gasteiger partial charge is 0.213 e. The number of aromatic nitrogens is 1. The highest BCUT2D eigenvalue weighted by Crippen LogP contribution is 2.21. The lowest BCUT2D eigenvalue weighted by Crippen LogP contribution is -3.00. The van der Waals surface area contributed by atoms with Gasteiger partial charge in [-0.3, -0.25) is 0 Å². The summed E-state index contributed by atoms with van der Waals surface area (Å²) in [5, 5.41) is 4.02. The van der Waals surface area contributed by atoms with Gasteiger partial charge in [-0.15, -0.1) is 0 Å². The van der Waals surface area contributed by atoms with Gasteiger partial charge in [0.2, 0.25) is 5.52 Å². The van der Waals surface area contributed by atoms with Crippen molar-refractivity contribution < 1.29 is 28.5 Å². The number of benzene rings is 2. The Morgan fingerprint density at radius 3 is 2.16 bits per heavy atom. The average Bonchev–Trinajstić information content (AvgIpc) is 2.67. The number of hydrogen-bond donors (Lipinski definition) is 0.